The third kappa shape index (κ3) is 1.64. The van der Waals surface area contributed by atoms with Gasteiger partial charge in [0.1, 0.15) is 0 Å². The van der Waals surface area contributed by atoms with E-state index in [0.717, 1.165) is 23.7 Å². The molecule has 3 saturated carbocycles. The van der Waals surface area contributed by atoms with Gasteiger partial charge in [-0.05, 0) is 61.9 Å². The van der Waals surface area contributed by atoms with Crippen LogP contribution in [0.4, 0.5) is 0 Å². The van der Waals surface area contributed by atoms with E-state index in [9.17, 15) is 4.79 Å². The molecule has 0 saturated heterocycles. The maximum Gasteiger partial charge on any atom is 0.243 e. The highest BCUT2D eigenvalue weighted by atomic mass is 16.1. The summed E-state index contributed by atoms with van der Waals surface area (Å²) < 4.78 is 0. The Kier molecular flexibility index (Phi) is 2.59. The zero-order chi connectivity index (χ0) is 13.0. The summed E-state index contributed by atoms with van der Waals surface area (Å²) in [5.41, 5.74) is 0.227. The number of carbonyl (C=O) groups is 1. The summed E-state index contributed by atoms with van der Waals surface area (Å²) in [6.07, 6.45) is 13.8. The lowest BCUT2D eigenvalue weighted by Gasteiger charge is -2.56. The summed E-state index contributed by atoms with van der Waals surface area (Å²) in [4.78, 5) is 11.6. The fourth-order valence-electron chi connectivity index (χ4n) is 5.95. The van der Waals surface area contributed by atoms with E-state index in [1.807, 2.05) is 0 Å². The van der Waals surface area contributed by atoms with Crippen molar-refractivity contribution >= 4 is 5.91 Å². The monoisotopic (exact) mass is 259 g/mol. The Morgan fingerprint density at radius 2 is 2.00 bits per heavy atom. The Morgan fingerprint density at radius 3 is 2.89 bits per heavy atom. The largest absolute Gasteiger partial charge is 0.349 e. The lowest BCUT2D eigenvalue weighted by molar-refractivity contribution is -0.121. The zero-order valence-electron chi connectivity index (χ0n) is 11.9. The molecule has 0 aromatic carbocycles. The summed E-state index contributed by atoms with van der Waals surface area (Å²) >= 11 is 0. The van der Waals surface area contributed by atoms with Crippen LogP contribution in [0.5, 0.6) is 0 Å². The molecular weight excluding hydrogens is 234 g/mol. The van der Waals surface area contributed by atoms with Gasteiger partial charge in [0.05, 0.1) is 0 Å². The first-order chi connectivity index (χ1) is 9.18. The number of hydrogen-bond acceptors (Lipinski definition) is 1. The second-order valence-corrected chi connectivity index (χ2v) is 7.54. The molecule has 1 N–H and O–H groups in total. The number of carbonyl (C=O) groups excluding carboxylic acids is 1. The molecule has 2 heteroatoms. The molecule has 0 bridgehead atoms. The van der Waals surface area contributed by atoms with Gasteiger partial charge in [-0.2, -0.15) is 0 Å². The SMILES string of the molecule is CC12C=CC(=O)NC1CCC1C3CCCC3CCC12. The molecule has 104 valence electrons. The third-order valence-electron chi connectivity index (χ3n) is 6.88. The topological polar surface area (TPSA) is 29.1 Å². The van der Waals surface area contributed by atoms with Crippen LogP contribution < -0.4 is 5.32 Å². The molecule has 19 heavy (non-hydrogen) atoms. The van der Waals surface area contributed by atoms with E-state index >= 15 is 0 Å². The van der Waals surface area contributed by atoms with Crippen LogP contribution in [-0.4, -0.2) is 11.9 Å². The highest BCUT2D eigenvalue weighted by molar-refractivity contribution is 5.89. The summed E-state index contributed by atoms with van der Waals surface area (Å²) in [5.74, 6) is 3.89. The van der Waals surface area contributed by atoms with Crippen molar-refractivity contribution < 1.29 is 4.79 Å². The first-order valence-electron chi connectivity index (χ1n) is 8.18. The zero-order valence-corrected chi connectivity index (χ0v) is 11.9. The summed E-state index contributed by atoms with van der Waals surface area (Å²) in [7, 11) is 0. The van der Waals surface area contributed by atoms with Crippen LogP contribution >= 0.6 is 0 Å². The number of amides is 1. The van der Waals surface area contributed by atoms with Crippen molar-refractivity contribution in [2.75, 3.05) is 0 Å². The maximum absolute atomic E-state index is 11.6. The summed E-state index contributed by atoms with van der Waals surface area (Å²) in [5, 5.41) is 3.23. The van der Waals surface area contributed by atoms with Crippen molar-refractivity contribution in [3.05, 3.63) is 12.2 Å². The summed E-state index contributed by atoms with van der Waals surface area (Å²) in [6, 6.07) is 0.393. The molecule has 4 rings (SSSR count). The van der Waals surface area contributed by atoms with Gasteiger partial charge in [0.2, 0.25) is 5.91 Å². The van der Waals surface area contributed by atoms with Crippen LogP contribution in [0.1, 0.15) is 51.9 Å². The van der Waals surface area contributed by atoms with Crippen LogP contribution in [0, 0.1) is 29.1 Å². The highest BCUT2D eigenvalue weighted by Gasteiger charge is 2.53. The fraction of sp³-hybridized carbons (Fsp3) is 0.824. The van der Waals surface area contributed by atoms with Crippen molar-refractivity contribution in [2.24, 2.45) is 29.1 Å². The molecule has 3 fully saturated rings. The molecule has 0 aromatic heterocycles. The lowest BCUT2D eigenvalue weighted by Crippen LogP contribution is -2.58. The predicted molar refractivity (Wildman–Crippen MR) is 75.5 cm³/mol. The van der Waals surface area contributed by atoms with Crippen LogP contribution in [0.15, 0.2) is 12.2 Å². The number of fused-ring (bicyclic) bond motifs is 5. The van der Waals surface area contributed by atoms with E-state index < -0.39 is 0 Å². The smallest absolute Gasteiger partial charge is 0.243 e. The standard InChI is InChI=1S/C17H25NO/c1-17-10-9-16(19)18-15(17)8-6-13-12-4-2-3-11(12)5-7-14(13)17/h9-15H,2-8H2,1H3,(H,18,19). The maximum atomic E-state index is 11.6. The van der Waals surface area contributed by atoms with Gasteiger partial charge in [0.25, 0.3) is 0 Å². The van der Waals surface area contributed by atoms with Gasteiger partial charge < -0.3 is 5.32 Å². The minimum atomic E-state index is 0.121. The second-order valence-electron chi connectivity index (χ2n) is 7.54. The molecule has 1 amide bonds. The fourth-order valence-corrected chi connectivity index (χ4v) is 5.95. The van der Waals surface area contributed by atoms with Crippen molar-refractivity contribution in [3.63, 3.8) is 0 Å². The van der Waals surface area contributed by atoms with E-state index in [1.54, 1.807) is 6.08 Å². The lowest BCUT2D eigenvalue weighted by atomic mass is 9.51. The van der Waals surface area contributed by atoms with E-state index in [-0.39, 0.29) is 11.3 Å². The molecule has 3 aliphatic carbocycles. The van der Waals surface area contributed by atoms with Gasteiger partial charge in [-0.25, -0.2) is 0 Å². The van der Waals surface area contributed by atoms with Gasteiger partial charge in [-0.15, -0.1) is 0 Å². The van der Waals surface area contributed by atoms with Gasteiger partial charge in [-0.3, -0.25) is 4.79 Å². The van der Waals surface area contributed by atoms with Crippen molar-refractivity contribution in [3.8, 4) is 0 Å². The minimum absolute atomic E-state index is 0.121. The molecule has 1 aliphatic heterocycles. The first kappa shape index (κ1) is 12.0. The average molecular weight is 259 g/mol. The van der Waals surface area contributed by atoms with Crippen LogP contribution in [0.2, 0.25) is 0 Å². The second kappa shape index (κ2) is 4.10. The van der Waals surface area contributed by atoms with E-state index in [0.29, 0.717) is 6.04 Å². The molecule has 0 spiro atoms. The van der Waals surface area contributed by atoms with E-state index in [1.165, 1.54) is 44.9 Å². The minimum Gasteiger partial charge on any atom is -0.349 e. The van der Waals surface area contributed by atoms with Crippen LogP contribution in [0.3, 0.4) is 0 Å². The Morgan fingerprint density at radius 1 is 1.11 bits per heavy atom. The van der Waals surface area contributed by atoms with Crippen LogP contribution in [-0.2, 0) is 4.79 Å². The molecule has 2 nitrogen and oxygen atoms in total. The van der Waals surface area contributed by atoms with Gasteiger partial charge >= 0.3 is 0 Å². The van der Waals surface area contributed by atoms with E-state index in [2.05, 4.69) is 18.3 Å². The number of nitrogens with one attached hydrogen (secondary N) is 1. The predicted octanol–water partition coefficient (Wildman–Crippen LogP) is 3.28. The van der Waals surface area contributed by atoms with Crippen molar-refractivity contribution in [2.45, 2.75) is 57.9 Å². The third-order valence-corrected chi connectivity index (χ3v) is 6.88. The summed E-state index contributed by atoms with van der Waals surface area (Å²) in [6.45, 7) is 2.40. The normalized spacial score (nSPS) is 52.1. The molecule has 0 radical (unpaired) electrons. The van der Waals surface area contributed by atoms with Crippen molar-refractivity contribution in [1.29, 1.82) is 0 Å². The van der Waals surface area contributed by atoms with Gasteiger partial charge in [0.15, 0.2) is 0 Å². The Bertz CT molecular complexity index is 429. The molecule has 0 aromatic rings. The highest BCUT2D eigenvalue weighted by Crippen LogP contribution is 2.58. The van der Waals surface area contributed by atoms with Crippen LogP contribution in [0.25, 0.3) is 0 Å². The Labute approximate surface area is 116 Å². The van der Waals surface area contributed by atoms with Crippen molar-refractivity contribution in [1.82, 2.24) is 5.32 Å². The van der Waals surface area contributed by atoms with Gasteiger partial charge in [0, 0.05) is 11.5 Å². The number of rotatable bonds is 0. The molecule has 6 atom stereocenters. The quantitative estimate of drug-likeness (QED) is 0.710. The molecule has 1 heterocycles. The molecular formula is C17H25NO. The number of hydrogen-bond donors (Lipinski definition) is 1. The Hall–Kier alpha value is -0.790. The molecule has 6 unspecified atom stereocenters. The first-order valence-corrected chi connectivity index (χ1v) is 8.18. The molecule has 4 aliphatic rings. The Balaban J connectivity index is 1.67. The van der Waals surface area contributed by atoms with E-state index in [4.69, 9.17) is 0 Å². The van der Waals surface area contributed by atoms with Gasteiger partial charge in [-0.1, -0.05) is 25.8 Å². The average Bonchev–Trinajstić information content (AvgIpc) is 2.88.